The Morgan fingerprint density at radius 1 is 0.882 bits per heavy atom. The molecule has 1 fully saturated rings. The number of hydrogen-bond donors (Lipinski definition) is 0. The molecule has 0 aliphatic heterocycles. The third-order valence-corrected chi connectivity index (χ3v) is 5.08. The van der Waals surface area contributed by atoms with Crippen molar-refractivity contribution in [3.8, 4) is 0 Å². The molecule has 3 aliphatic carbocycles. The van der Waals surface area contributed by atoms with E-state index in [0.717, 1.165) is 19.3 Å². The van der Waals surface area contributed by atoms with E-state index in [0.29, 0.717) is 31.0 Å². The van der Waals surface area contributed by atoms with Crippen LogP contribution < -0.4 is 0 Å². The second-order valence-electron chi connectivity index (χ2n) is 7.12. The van der Waals surface area contributed by atoms with E-state index in [1.54, 1.807) is 13.0 Å². The highest BCUT2D eigenvalue weighted by Gasteiger charge is 2.47. The molecule has 8 nitrogen and oxygen atoms in total. The quantitative estimate of drug-likeness (QED) is 0.317. The third-order valence-electron chi connectivity index (χ3n) is 5.08. The van der Waals surface area contributed by atoms with E-state index in [9.17, 15) is 9.59 Å². The lowest BCUT2D eigenvalue weighted by Gasteiger charge is -2.24. The number of fused-ring (bicyclic) bond motifs is 2. The van der Waals surface area contributed by atoms with Crippen molar-refractivity contribution < 1.29 is 38.2 Å². The number of carbonyl (C=O) groups is 2. The van der Waals surface area contributed by atoms with Gasteiger partial charge in [0.15, 0.2) is 0 Å². The molecule has 0 aromatic carbocycles. The first kappa shape index (κ1) is 32.8. The molecule has 34 heavy (non-hydrogen) atoms. The lowest BCUT2D eigenvalue weighted by molar-refractivity contribution is -0.193. The maximum absolute atomic E-state index is 11.7. The molecular formula is C26H36O8. The molecule has 1 saturated carbocycles. The monoisotopic (exact) mass is 476 g/mol. The normalized spacial score (nSPS) is 21.8. The van der Waals surface area contributed by atoms with Gasteiger partial charge in [0.05, 0.1) is 19.1 Å². The number of ether oxygens (including phenoxy) is 2. The number of carbonyl (C=O) groups excluding carboxylic acids is 6. The fourth-order valence-corrected chi connectivity index (χ4v) is 3.87. The fraction of sp³-hybridized carbons (Fsp3) is 0.538. The van der Waals surface area contributed by atoms with Gasteiger partial charge in [0.1, 0.15) is 0 Å². The SMILES string of the molecule is C1=CCC=C1.CC/C=C\C(=O)OCC.CCOC(=O)C1C2C=CC(C2)C1CC.O=C=O.O=C=O. The summed E-state index contributed by atoms with van der Waals surface area (Å²) in [6.07, 6.45) is 20.9. The van der Waals surface area contributed by atoms with Crippen molar-refractivity contribution in [2.24, 2.45) is 23.7 Å². The van der Waals surface area contributed by atoms with Crippen LogP contribution in [-0.2, 0) is 38.2 Å². The van der Waals surface area contributed by atoms with E-state index >= 15 is 0 Å². The molecule has 188 valence electrons. The van der Waals surface area contributed by atoms with Crippen LogP contribution in [0.15, 0.2) is 48.6 Å². The van der Waals surface area contributed by atoms with Crippen molar-refractivity contribution >= 4 is 24.2 Å². The summed E-state index contributed by atoms with van der Waals surface area (Å²) in [6, 6.07) is 0. The minimum Gasteiger partial charge on any atom is -0.466 e. The Morgan fingerprint density at radius 2 is 1.41 bits per heavy atom. The van der Waals surface area contributed by atoms with Crippen molar-refractivity contribution in [2.45, 2.75) is 53.4 Å². The first-order valence-electron chi connectivity index (χ1n) is 11.4. The average molecular weight is 477 g/mol. The zero-order chi connectivity index (χ0) is 26.2. The molecule has 0 aromatic rings. The zero-order valence-electron chi connectivity index (χ0n) is 20.4. The summed E-state index contributed by atoms with van der Waals surface area (Å²) in [5, 5.41) is 0. The molecule has 4 unspecified atom stereocenters. The standard InChI is InChI=1S/C12H18O2.C7H12O2.C5H6.2CO2/c1-3-10-8-5-6-9(7-8)11(10)12(13)14-4-2;1-3-5-6-7(8)9-4-2;1-2-4-5-3-1;2*2-1-3/h5-6,8-11H,3-4,7H2,1-2H3;5-6H,3-4H2,1-2H3;1-4H,5H2;;/b;6-5-;;;. The number of esters is 2. The molecular weight excluding hydrogens is 440 g/mol. The predicted molar refractivity (Wildman–Crippen MR) is 124 cm³/mol. The van der Waals surface area contributed by atoms with Gasteiger partial charge in [-0.1, -0.05) is 62.8 Å². The highest BCUT2D eigenvalue weighted by atomic mass is 16.5. The van der Waals surface area contributed by atoms with E-state index in [-0.39, 0.29) is 30.2 Å². The summed E-state index contributed by atoms with van der Waals surface area (Å²) < 4.78 is 9.76. The first-order chi connectivity index (χ1) is 16.4. The molecule has 0 heterocycles. The Hall–Kier alpha value is -3.34. The van der Waals surface area contributed by atoms with Gasteiger partial charge >= 0.3 is 24.2 Å². The lowest BCUT2D eigenvalue weighted by atomic mass is 9.81. The van der Waals surface area contributed by atoms with Gasteiger partial charge in [-0.15, -0.1) is 0 Å². The summed E-state index contributed by atoms with van der Waals surface area (Å²) >= 11 is 0. The molecule has 0 aromatic heterocycles. The Bertz CT molecular complexity index is 729. The maximum atomic E-state index is 11.7. The van der Waals surface area contributed by atoms with Gasteiger partial charge in [-0.2, -0.15) is 19.2 Å². The molecule has 0 radical (unpaired) electrons. The van der Waals surface area contributed by atoms with Gasteiger partial charge < -0.3 is 9.47 Å². The van der Waals surface area contributed by atoms with Crippen LogP contribution in [0.25, 0.3) is 0 Å². The summed E-state index contributed by atoms with van der Waals surface area (Å²) in [4.78, 5) is 54.7. The Morgan fingerprint density at radius 3 is 1.82 bits per heavy atom. The van der Waals surface area contributed by atoms with Crippen LogP contribution in [0.5, 0.6) is 0 Å². The first-order valence-corrected chi connectivity index (χ1v) is 11.4. The van der Waals surface area contributed by atoms with Gasteiger partial charge in [0, 0.05) is 6.08 Å². The highest BCUT2D eigenvalue weighted by molar-refractivity contribution is 5.81. The van der Waals surface area contributed by atoms with Crippen LogP contribution in [0.1, 0.15) is 53.4 Å². The zero-order valence-corrected chi connectivity index (χ0v) is 20.4. The molecule has 8 heteroatoms. The molecule has 3 rings (SSSR count). The van der Waals surface area contributed by atoms with Crippen molar-refractivity contribution in [3.63, 3.8) is 0 Å². The summed E-state index contributed by atoms with van der Waals surface area (Å²) in [7, 11) is 0. The molecule has 3 aliphatic rings. The summed E-state index contributed by atoms with van der Waals surface area (Å²) in [6.45, 7) is 8.76. The molecule has 0 spiro atoms. The second-order valence-corrected chi connectivity index (χ2v) is 7.12. The van der Waals surface area contributed by atoms with Crippen molar-refractivity contribution in [1.82, 2.24) is 0 Å². The van der Waals surface area contributed by atoms with E-state index in [4.69, 9.17) is 23.9 Å². The Balaban J connectivity index is 0. The molecule has 0 amide bonds. The number of allylic oxidation sites excluding steroid dienone is 7. The van der Waals surface area contributed by atoms with Crippen LogP contribution in [0.4, 0.5) is 0 Å². The Kier molecular flexibility index (Phi) is 22.1. The van der Waals surface area contributed by atoms with E-state index in [1.807, 2.05) is 13.8 Å². The van der Waals surface area contributed by atoms with Gasteiger partial charge in [-0.25, -0.2) is 4.79 Å². The van der Waals surface area contributed by atoms with Crippen molar-refractivity contribution in [1.29, 1.82) is 0 Å². The maximum Gasteiger partial charge on any atom is 0.373 e. The molecule has 0 saturated heterocycles. The Labute approximate surface area is 201 Å². The topological polar surface area (TPSA) is 121 Å². The van der Waals surface area contributed by atoms with Gasteiger partial charge in [-0.05, 0) is 50.9 Å². The van der Waals surface area contributed by atoms with E-state index in [2.05, 4.69) is 48.1 Å². The molecule has 0 N–H and O–H groups in total. The summed E-state index contributed by atoms with van der Waals surface area (Å²) in [5.74, 6) is 1.55. The van der Waals surface area contributed by atoms with Crippen LogP contribution in [0.3, 0.4) is 0 Å². The number of hydrogen-bond acceptors (Lipinski definition) is 8. The van der Waals surface area contributed by atoms with Gasteiger partial charge in [0.2, 0.25) is 0 Å². The summed E-state index contributed by atoms with van der Waals surface area (Å²) in [5.41, 5.74) is 0. The largest absolute Gasteiger partial charge is 0.466 e. The molecule has 2 bridgehead atoms. The third kappa shape index (κ3) is 14.7. The van der Waals surface area contributed by atoms with Crippen molar-refractivity contribution in [3.05, 3.63) is 48.6 Å². The van der Waals surface area contributed by atoms with E-state index in [1.165, 1.54) is 12.5 Å². The lowest BCUT2D eigenvalue weighted by Crippen LogP contribution is -2.28. The van der Waals surface area contributed by atoms with Crippen LogP contribution in [0.2, 0.25) is 0 Å². The predicted octanol–water partition coefficient (Wildman–Crippen LogP) is 4.25. The molecule has 4 atom stereocenters. The number of rotatable bonds is 6. The highest BCUT2D eigenvalue weighted by Crippen LogP contribution is 2.49. The second kappa shape index (κ2) is 22.8. The minimum atomic E-state index is -0.251. The van der Waals surface area contributed by atoms with Crippen LogP contribution in [-0.4, -0.2) is 37.5 Å². The van der Waals surface area contributed by atoms with E-state index < -0.39 is 0 Å². The van der Waals surface area contributed by atoms with Crippen molar-refractivity contribution in [2.75, 3.05) is 13.2 Å². The van der Waals surface area contributed by atoms with Gasteiger partial charge in [0.25, 0.3) is 0 Å². The van der Waals surface area contributed by atoms with Crippen LogP contribution in [0, 0.1) is 23.7 Å². The van der Waals surface area contributed by atoms with Gasteiger partial charge in [-0.3, -0.25) is 4.79 Å². The van der Waals surface area contributed by atoms with Crippen LogP contribution >= 0.6 is 0 Å². The average Bonchev–Trinajstić information content (AvgIpc) is 3.59. The minimum absolute atomic E-state index is 0.0243. The smallest absolute Gasteiger partial charge is 0.373 e. The fourth-order valence-electron chi connectivity index (χ4n) is 3.87.